The van der Waals surface area contributed by atoms with Gasteiger partial charge < -0.3 is 25.4 Å². The number of aromatic nitrogens is 4. The summed E-state index contributed by atoms with van der Waals surface area (Å²) in [5, 5.41) is 13.7. The zero-order valence-electron chi connectivity index (χ0n) is 22.4. The second-order valence-electron chi connectivity index (χ2n) is 10.0. The molecule has 41 heavy (non-hydrogen) atoms. The molecule has 0 aliphatic carbocycles. The number of hydrogen-bond donors (Lipinski definition) is 3. The highest BCUT2D eigenvalue weighted by molar-refractivity contribution is 6.32. The molecule has 3 N–H and O–H groups in total. The van der Waals surface area contributed by atoms with Crippen LogP contribution in [-0.4, -0.2) is 74.4 Å². The molecular weight excluding hydrogens is 546 g/mol. The first-order chi connectivity index (χ1) is 19.9. The van der Waals surface area contributed by atoms with E-state index in [1.54, 1.807) is 24.1 Å². The van der Waals surface area contributed by atoms with Crippen molar-refractivity contribution in [3.05, 3.63) is 76.5 Å². The Balaban J connectivity index is 1.14. The largest absolute Gasteiger partial charge is 0.361 e. The molecule has 6 bridgehead atoms. The molecule has 2 amide bonds. The van der Waals surface area contributed by atoms with Gasteiger partial charge in [-0.15, -0.1) is 0 Å². The van der Waals surface area contributed by atoms with E-state index < -0.39 is 0 Å². The van der Waals surface area contributed by atoms with Crippen LogP contribution in [0.4, 0.5) is 28.8 Å². The molecular formula is C28H28ClN9O3. The summed E-state index contributed by atoms with van der Waals surface area (Å²) in [7, 11) is 0. The lowest BCUT2D eigenvalue weighted by atomic mass is 10.0. The second-order valence-corrected chi connectivity index (χ2v) is 10.4. The summed E-state index contributed by atoms with van der Waals surface area (Å²) in [5.41, 5.74) is 4.60. The lowest BCUT2D eigenvalue weighted by Gasteiger charge is -2.33. The van der Waals surface area contributed by atoms with E-state index in [2.05, 4.69) is 36.1 Å². The molecule has 6 rings (SSSR count). The Morgan fingerprint density at radius 2 is 1.88 bits per heavy atom. The van der Waals surface area contributed by atoms with Crippen molar-refractivity contribution in [2.75, 3.05) is 48.7 Å². The van der Waals surface area contributed by atoms with E-state index in [1.807, 2.05) is 35.4 Å². The Labute approximate surface area is 241 Å². The maximum Gasteiger partial charge on any atom is 0.276 e. The molecule has 0 radical (unpaired) electrons. The number of rotatable bonds is 4. The molecule has 4 aromatic rings. The minimum Gasteiger partial charge on any atom is -0.361 e. The van der Waals surface area contributed by atoms with E-state index in [0.29, 0.717) is 60.8 Å². The normalized spacial score (nSPS) is 15.0. The summed E-state index contributed by atoms with van der Waals surface area (Å²) in [5.74, 6) is 1.19. The Hall–Kier alpha value is -4.55. The molecule has 1 fully saturated rings. The highest BCUT2D eigenvalue weighted by Gasteiger charge is 2.25. The monoisotopic (exact) mass is 573 g/mol. The fourth-order valence-corrected chi connectivity index (χ4v) is 5.02. The molecule has 0 saturated carbocycles. The number of amides is 2. The number of benzene rings is 1. The molecule has 5 heterocycles. The first kappa shape index (κ1) is 26.7. The molecule has 0 unspecified atom stereocenters. The standard InChI is InChI=1S/C28H28ClN9O3/c1-17-10-24(36-41-17)27(40)38-8-6-37(7-9-38)16-25(39)34-23-5-4-20-12-19(23)3-2-18-11-21(14-30-13-18)33-28-31-15-22(29)26(32-20)35-28/h4-5,10-15H,2-3,6-9,16H2,1H3,(H,34,39)(H2,31,32,33,35). The Morgan fingerprint density at radius 1 is 1.02 bits per heavy atom. The van der Waals surface area contributed by atoms with Crippen LogP contribution in [0.25, 0.3) is 0 Å². The van der Waals surface area contributed by atoms with Gasteiger partial charge in [0, 0.05) is 49.8 Å². The lowest BCUT2D eigenvalue weighted by Crippen LogP contribution is -2.50. The average molecular weight is 574 g/mol. The quantitative estimate of drug-likeness (QED) is 0.330. The zero-order valence-corrected chi connectivity index (χ0v) is 23.1. The minimum absolute atomic E-state index is 0.117. The van der Waals surface area contributed by atoms with Crippen molar-refractivity contribution in [2.24, 2.45) is 0 Å². The van der Waals surface area contributed by atoms with Crippen LogP contribution in [0.2, 0.25) is 5.02 Å². The number of nitrogens with one attached hydrogen (secondary N) is 3. The van der Waals surface area contributed by atoms with Gasteiger partial charge in [-0.05, 0) is 55.2 Å². The number of carbonyl (C=O) groups is 2. The van der Waals surface area contributed by atoms with Gasteiger partial charge in [-0.25, -0.2) is 4.98 Å². The molecule has 1 aromatic carbocycles. The third-order valence-electron chi connectivity index (χ3n) is 6.99. The SMILES string of the molecule is Cc1cc(C(=O)N2CCN(CC(=O)Nc3ccc4cc3CCc3cncc(c3)Nc3ncc(Cl)c(n3)N4)CC2)no1. The molecule has 3 aromatic heterocycles. The van der Waals surface area contributed by atoms with Gasteiger partial charge in [-0.3, -0.25) is 19.5 Å². The number of anilines is 5. The Morgan fingerprint density at radius 3 is 2.68 bits per heavy atom. The van der Waals surface area contributed by atoms with E-state index >= 15 is 0 Å². The van der Waals surface area contributed by atoms with Crippen molar-refractivity contribution in [3.63, 3.8) is 0 Å². The average Bonchev–Trinajstić information content (AvgIpc) is 3.41. The number of halogens is 1. The summed E-state index contributed by atoms with van der Waals surface area (Å²) in [6.07, 6.45) is 6.47. The van der Waals surface area contributed by atoms with E-state index in [0.717, 1.165) is 34.6 Å². The van der Waals surface area contributed by atoms with Crippen molar-refractivity contribution in [2.45, 2.75) is 19.8 Å². The predicted octanol–water partition coefficient (Wildman–Crippen LogP) is 3.80. The number of aryl methyl sites for hydroxylation is 3. The van der Waals surface area contributed by atoms with Gasteiger partial charge in [-0.1, -0.05) is 16.8 Å². The van der Waals surface area contributed by atoms with Gasteiger partial charge in [0.15, 0.2) is 11.5 Å². The van der Waals surface area contributed by atoms with E-state index in [9.17, 15) is 9.59 Å². The fraction of sp³-hybridized carbons (Fsp3) is 0.286. The van der Waals surface area contributed by atoms with E-state index in [1.165, 1.54) is 6.20 Å². The van der Waals surface area contributed by atoms with Crippen LogP contribution in [0.3, 0.4) is 0 Å². The molecule has 2 aliphatic heterocycles. The van der Waals surface area contributed by atoms with Gasteiger partial charge >= 0.3 is 0 Å². The van der Waals surface area contributed by atoms with Crippen molar-refractivity contribution in [3.8, 4) is 0 Å². The van der Waals surface area contributed by atoms with Gasteiger partial charge in [0.1, 0.15) is 10.8 Å². The number of fused-ring (bicyclic) bond motifs is 6. The molecule has 0 atom stereocenters. The van der Waals surface area contributed by atoms with E-state index in [-0.39, 0.29) is 18.4 Å². The Bertz CT molecular complexity index is 1600. The number of carbonyl (C=O) groups excluding carboxylic acids is 2. The van der Waals surface area contributed by atoms with Crippen LogP contribution >= 0.6 is 11.6 Å². The molecule has 0 spiro atoms. The Kier molecular flexibility index (Phi) is 7.49. The molecule has 13 heteroatoms. The second kappa shape index (κ2) is 11.5. The lowest BCUT2D eigenvalue weighted by molar-refractivity contribution is -0.117. The molecule has 12 nitrogen and oxygen atoms in total. The highest BCUT2D eigenvalue weighted by atomic mass is 35.5. The van der Waals surface area contributed by atoms with Gasteiger partial charge in [-0.2, -0.15) is 4.98 Å². The van der Waals surface area contributed by atoms with Crippen LogP contribution in [-0.2, 0) is 17.6 Å². The third-order valence-corrected chi connectivity index (χ3v) is 7.27. The molecule has 1 saturated heterocycles. The van der Waals surface area contributed by atoms with Crippen molar-refractivity contribution in [1.29, 1.82) is 0 Å². The number of nitrogens with zero attached hydrogens (tertiary/aromatic N) is 6. The zero-order chi connectivity index (χ0) is 28.3. The van der Waals surface area contributed by atoms with Crippen LogP contribution in [0.5, 0.6) is 0 Å². The summed E-state index contributed by atoms with van der Waals surface area (Å²) in [6, 6.07) is 9.40. The van der Waals surface area contributed by atoms with Crippen molar-refractivity contribution >= 4 is 52.2 Å². The van der Waals surface area contributed by atoms with Gasteiger partial charge in [0.2, 0.25) is 11.9 Å². The molecule has 2 aliphatic rings. The maximum atomic E-state index is 13.1. The first-order valence-corrected chi connectivity index (χ1v) is 13.7. The van der Waals surface area contributed by atoms with Crippen LogP contribution in [0.15, 0.2) is 53.4 Å². The van der Waals surface area contributed by atoms with Gasteiger partial charge in [0.05, 0.1) is 24.6 Å². The minimum atomic E-state index is -0.157. The number of hydrogen-bond acceptors (Lipinski definition) is 10. The summed E-state index contributed by atoms with van der Waals surface area (Å²) in [6.45, 7) is 4.18. The van der Waals surface area contributed by atoms with E-state index in [4.69, 9.17) is 16.1 Å². The number of piperazine rings is 1. The van der Waals surface area contributed by atoms with Crippen LogP contribution in [0, 0.1) is 6.92 Å². The topological polar surface area (TPSA) is 141 Å². The summed E-state index contributed by atoms with van der Waals surface area (Å²) >= 11 is 6.37. The third kappa shape index (κ3) is 6.28. The van der Waals surface area contributed by atoms with Crippen LogP contribution < -0.4 is 16.0 Å². The highest BCUT2D eigenvalue weighted by Crippen LogP contribution is 2.29. The van der Waals surface area contributed by atoms with Crippen LogP contribution in [0.1, 0.15) is 27.4 Å². The number of pyridine rings is 1. The maximum absolute atomic E-state index is 13.1. The summed E-state index contributed by atoms with van der Waals surface area (Å²) in [4.78, 5) is 42.6. The smallest absolute Gasteiger partial charge is 0.276 e. The molecule has 210 valence electrons. The first-order valence-electron chi connectivity index (χ1n) is 13.3. The van der Waals surface area contributed by atoms with Crippen molar-refractivity contribution in [1.82, 2.24) is 29.9 Å². The predicted molar refractivity (Wildman–Crippen MR) is 154 cm³/mol. The van der Waals surface area contributed by atoms with Crippen molar-refractivity contribution < 1.29 is 14.1 Å². The summed E-state index contributed by atoms with van der Waals surface area (Å²) < 4.78 is 5.03. The fourth-order valence-electron chi connectivity index (χ4n) is 4.88. The van der Waals surface area contributed by atoms with Gasteiger partial charge in [0.25, 0.3) is 5.91 Å².